The lowest BCUT2D eigenvalue weighted by Gasteiger charge is -1.99. The third-order valence-corrected chi connectivity index (χ3v) is 2.55. The number of benzene rings is 1. The second-order valence-electron chi connectivity index (χ2n) is 4.06. The van der Waals surface area contributed by atoms with E-state index in [0.29, 0.717) is 17.1 Å². The zero-order valence-corrected chi connectivity index (χ0v) is 11.1. The molecular weight excluding hydrogens is 280 g/mol. The van der Waals surface area contributed by atoms with Gasteiger partial charge in [-0.05, 0) is 25.1 Å². The number of hydrogen-bond donors (Lipinski definition) is 0. The summed E-state index contributed by atoms with van der Waals surface area (Å²) in [4.78, 5) is 26.5. The van der Waals surface area contributed by atoms with Gasteiger partial charge >= 0.3 is 5.97 Å². The Morgan fingerprint density at radius 3 is 2.81 bits per heavy atom. The minimum absolute atomic E-state index is 0.0238. The van der Waals surface area contributed by atoms with Crippen molar-refractivity contribution in [3.63, 3.8) is 0 Å². The molecule has 0 radical (unpaired) electrons. The molecule has 0 spiro atoms. The van der Waals surface area contributed by atoms with Gasteiger partial charge in [-0.15, -0.1) is 0 Å². The molecule has 0 fully saturated rings. The van der Waals surface area contributed by atoms with Gasteiger partial charge in [0, 0.05) is 12.1 Å². The standard InChI is InChI=1S/C12H10N4O5/c1-7(11-8(2)14-21-15-11)13-20-12(17)9-4-3-5-10(6-9)16(18)19/h3-6H,1-2H3/b13-7+. The van der Waals surface area contributed by atoms with Crippen molar-refractivity contribution < 1.29 is 19.2 Å². The molecule has 108 valence electrons. The average molecular weight is 290 g/mol. The van der Waals surface area contributed by atoms with Crippen LogP contribution in [0.25, 0.3) is 0 Å². The Kier molecular flexibility index (Phi) is 4.02. The van der Waals surface area contributed by atoms with Crippen molar-refractivity contribution in [3.8, 4) is 0 Å². The molecule has 2 aromatic rings. The van der Waals surface area contributed by atoms with Crippen LogP contribution < -0.4 is 0 Å². The number of carbonyl (C=O) groups excluding carboxylic acids is 1. The van der Waals surface area contributed by atoms with E-state index in [1.54, 1.807) is 13.8 Å². The number of hydrogen-bond acceptors (Lipinski definition) is 8. The Morgan fingerprint density at radius 2 is 2.19 bits per heavy atom. The molecule has 0 N–H and O–H groups in total. The van der Waals surface area contributed by atoms with Gasteiger partial charge < -0.3 is 4.84 Å². The molecule has 0 aliphatic carbocycles. The maximum atomic E-state index is 11.8. The number of nitro groups is 1. The Bertz CT molecular complexity index is 722. The zero-order chi connectivity index (χ0) is 15.4. The minimum Gasteiger partial charge on any atom is -0.312 e. The molecule has 21 heavy (non-hydrogen) atoms. The lowest BCUT2D eigenvalue weighted by Crippen LogP contribution is -2.05. The highest BCUT2D eigenvalue weighted by atomic mass is 16.7. The van der Waals surface area contributed by atoms with Gasteiger partial charge in [-0.2, -0.15) is 0 Å². The summed E-state index contributed by atoms with van der Waals surface area (Å²) in [6.45, 7) is 3.22. The predicted octanol–water partition coefficient (Wildman–Crippen LogP) is 1.87. The lowest BCUT2D eigenvalue weighted by molar-refractivity contribution is -0.384. The summed E-state index contributed by atoms with van der Waals surface area (Å²) in [5.74, 6) is -0.813. The molecule has 0 aliphatic rings. The first kappa shape index (κ1) is 14.3. The van der Waals surface area contributed by atoms with E-state index in [1.165, 1.54) is 18.2 Å². The van der Waals surface area contributed by atoms with Gasteiger partial charge in [-0.1, -0.05) is 16.4 Å². The van der Waals surface area contributed by atoms with E-state index in [1.807, 2.05) is 0 Å². The quantitative estimate of drug-likeness (QED) is 0.364. The molecule has 0 saturated heterocycles. The number of nitrogens with zero attached hydrogens (tertiary/aromatic N) is 4. The Morgan fingerprint density at radius 1 is 1.43 bits per heavy atom. The van der Waals surface area contributed by atoms with Crippen LogP contribution in [0.1, 0.15) is 28.7 Å². The van der Waals surface area contributed by atoms with E-state index in [-0.39, 0.29) is 11.3 Å². The molecule has 0 amide bonds. The molecule has 0 unspecified atom stereocenters. The van der Waals surface area contributed by atoms with Crippen molar-refractivity contribution in [2.45, 2.75) is 13.8 Å². The van der Waals surface area contributed by atoms with Crippen molar-refractivity contribution in [3.05, 3.63) is 51.3 Å². The van der Waals surface area contributed by atoms with Crippen LogP contribution in [0.2, 0.25) is 0 Å². The number of non-ortho nitro benzene ring substituents is 1. The van der Waals surface area contributed by atoms with E-state index in [2.05, 4.69) is 20.1 Å². The zero-order valence-electron chi connectivity index (χ0n) is 11.1. The molecule has 0 aliphatic heterocycles. The molecule has 9 nitrogen and oxygen atoms in total. The summed E-state index contributed by atoms with van der Waals surface area (Å²) in [6.07, 6.45) is 0. The Balaban J connectivity index is 2.13. The van der Waals surface area contributed by atoms with Crippen LogP contribution in [0.15, 0.2) is 34.1 Å². The van der Waals surface area contributed by atoms with Gasteiger partial charge in [0.1, 0.15) is 11.4 Å². The summed E-state index contributed by atoms with van der Waals surface area (Å²) in [6, 6.07) is 5.16. The monoisotopic (exact) mass is 290 g/mol. The summed E-state index contributed by atoms with van der Waals surface area (Å²) in [7, 11) is 0. The van der Waals surface area contributed by atoms with Crippen molar-refractivity contribution in [1.82, 2.24) is 10.3 Å². The van der Waals surface area contributed by atoms with Gasteiger partial charge in [0.15, 0.2) is 5.69 Å². The summed E-state index contributed by atoms with van der Waals surface area (Å²) >= 11 is 0. The number of oxime groups is 1. The van der Waals surface area contributed by atoms with Crippen molar-refractivity contribution in [1.29, 1.82) is 0 Å². The summed E-state index contributed by atoms with van der Waals surface area (Å²) in [5, 5.41) is 21.4. The molecular formula is C12H10N4O5. The molecule has 1 aromatic carbocycles. The summed E-state index contributed by atoms with van der Waals surface area (Å²) in [5.41, 5.74) is 0.981. The van der Waals surface area contributed by atoms with Crippen LogP contribution in [0, 0.1) is 17.0 Å². The fourth-order valence-electron chi connectivity index (χ4n) is 1.51. The number of aryl methyl sites for hydroxylation is 1. The van der Waals surface area contributed by atoms with E-state index in [9.17, 15) is 14.9 Å². The topological polar surface area (TPSA) is 121 Å². The molecule has 0 saturated carbocycles. The van der Waals surface area contributed by atoms with Crippen molar-refractivity contribution in [2.24, 2.45) is 5.16 Å². The van der Waals surface area contributed by atoms with E-state index in [4.69, 9.17) is 4.84 Å². The van der Waals surface area contributed by atoms with Crippen molar-refractivity contribution in [2.75, 3.05) is 0 Å². The fourth-order valence-corrected chi connectivity index (χ4v) is 1.51. The van der Waals surface area contributed by atoms with Gasteiger partial charge in [0.2, 0.25) is 0 Å². The minimum atomic E-state index is -0.813. The normalized spacial score (nSPS) is 11.2. The highest BCUT2D eigenvalue weighted by molar-refractivity contribution is 5.98. The van der Waals surface area contributed by atoms with Gasteiger partial charge in [0.25, 0.3) is 5.69 Å². The first-order valence-electron chi connectivity index (χ1n) is 5.79. The highest BCUT2D eigenvalue weighted by Crippen LogP contribution is 2.14. The molecule has 0 atom stereocenters. The smallest absolute Gasteiger partial charge is 0.312 e. The second kappa shape index (κ2) is 5.90. The molecule has 1 heterocycles. The Hall–Kier alpha value is -3.10. The first-order valence-corrected chi connectivity index (χ1v) is 5.79. The largest absolute Gasteiger partial charge is 0.365 e. The van der Waals surface area contributed by atoms with Crippen molar-refractivity contribution >= 4 is 17.4 Å². The number of nitro benzene ring substituents is 1. The van der Waals surface area contributed by atoms with E-state index in [0.717, 1.165) is 6.07 Å². The summed E-state index contributed by atoms with van der Waals surface area (Å²) < 4.78 is 4.50. The second-order valence-corrected chi connectivity index (χ2v) is 4.06. The number of rotatable bonds is 4. The van der Waals surface area contributed by atoms with Gasteiger partial charge in [-0.25, -0.2) is 9.42 Å². The van der Waals surface area contributed by atoms with Gasteiger partial charge in [-0.3, -0.25) is 10.1 Å². The Labute approximate surface area is 118 Å². The first-order chi connectivity index (χ1) is 9.99. The van der Waals surface area contributed by atoms with Gasteiger partial charge in [0.05, 0.1) is 10.5 Å². The van der Waals surface area contributed by atoms with Crippen LogP contribution in [0.4, 0.5) is 5.69 Å². The third-order valence-electron chi connectivity index (χ3n) is 2.55. The third kappa shape index (κ3) is 3.26. The molecule has 9 heteroatoms. The fraction of sp³-hybridized carbons (Fsp3) is 0.167. The maximum Gasteiger partial charge on any atom is 0.365 e. The predicted molar refractivity (Wildman–Crippen MR) is 69.8 cm³/mol. The van der Waals surface area contributed by atoms with Crippen LogP contribution in [-0.4, -0.2) is 26.9 Å². The SMILES string of the molecule is C/C(=N\OC(=O)c1cccc([N+](=O)[O-])c1)c1nonc1C. The number of carbonyl (C=O) groups is 1. The molecule has 1 aromatic heterocycles. The maximum absolute atomic E-state index is 11.8. The van der Waals surface area contributed by atoms with Crippen LogP contribution in [-0.2, 0) is 4.84 Å². The van der Waals surface area contributed by atoms with E-state index < -0.39 is 10.9 Å². The highest BCUT2D eigenvalue weighted by Gasteiger charge is 2.14. The number of aromatic nitrogens is 2. The molecule has 0 bridgehead atoms. The van der Waals surface area contributed by atoms with Crippen LogP contribution in [0.5, 0.6) is 0 Å². The van der Waals surface area contributed by atoms with E-state index >= 15 is 0 Å². The van der Waals surface area contributed by atoms with Crippen LogP contribution in [0.3, 0.4) is 0 Å². The average Bonchev–Trinajstić information content (AvgIpc) is 2.90. The lowest BCUT2D eigenvalue weighted by atomic mass is 10.2. The van der Waals surface area contributed by atoms with Crippen LogP contribution >= 0.6 is 0 Å². The molecule has 2 rings (SSSR count).